The van der Waals surface area contributed by atoms with Gasteiger partial charge in [0.25, 0.3) is 0 Å². The van der Waals surface area contributed by atoms with Crippen LogP contribution in [0.25, 0.3) is 0 Å². The van der Waals surface area contributed by atoms with Gasteiger partial charge in [0, 0.05) is 6.54 Å². The summed E-state index contributed by atoms with van der Waals surface area (Å²) in [5.74, 6) is 1.36. The molecule has 1 fully saturated rings. The zero-order chi connectivity index (χ0) is 12.8. The van der Waals surface area contributed by atoms with Crippen molar-refractivity contribution in [2.45, 2.75) is 19.5 Å². The molecule has 1 aliphatic rings. The number of hydrogen-bond donors (Lipinski definition) is 2. The Morgan fingerprint density at radius 2 is 2.39 bits per heavy atom. The van der Waals surface area contributed by atoms with E-state index in [9.17, 15) is 8.78 Å². The predicted octanol–water partition coefficient (Wildman–Crippen LogP) is 2.09. The monoisotopic (exact) mass is 257 g/mol. The van der Waals surface area contributed by atoms with Crippen molar-refractivity contribution in [3.63, 3.8) is 0 Å². The van der Waals surface area contributed by atoms with E-state index in [2.05, 4.69) is 20.4 Å². The van der Waals surface area contributed by atoms with Crippen molar-refractivity contribution in [1.82, 2.24) is 10.3 Å². The summed E-state index contributed by atoms with van der Waals surface area (Å²) in [6.07, 6.45) is 3.70. The fourth-order valence-corrected chi connectivity index (χ4v) is 2.00. The van der Waals surface area contributed by atoms with Gasteiger partial charge in [-0.05, 0) is 44.0 Å². The normalized spacial score (nSPS) is 19.8. The Morgan fingerprint density at radius 1 is 1.50 bits per heavy atom. The SMILES string of the molecule is FC(F)Oc1ccc(NCC2CCCNC2)nc1. The Hall–Kier alpha value is -1.43. The highest BCUT2D eigenvalue weighted by molar-refractivity contribution is 5.37. The maximum atomic E-state index is 11.9. The van der Waals surface area contributed by atoms with E-state index in [4.69, 9.17) is 0 Å². The number of piperidine rings is 1. The highest BCUT2D eigenvalue weighted by Gasteiger charge is 2.12. The van der Waals surface area contributed by atoms with Crippen molar-refractivity contribution in [2.24, 2.45) is 5.92 Å². The highest BCUT2D eigenvalue weighted by Crippen LogP contribution is 2.16. The van der Waals surface area contributed by atoms with Gasteiger partial charge in [0.1, 0.15) is 11.6 Å². The summed E-state index contributed by atoms with van der Waals surface area (Å²) in [4.78, 5) is 4.03. The van der Waals surface area contributed by atoms with Gasteiger partial charge in [0.15, 0.2) is 0 Å². The summed E-state index contributed by atoms with van der Waals surface area (Å²) in [5.41, 5.74) is 0. The molecule has 0 radical (unpaired) electrons. The van der Waals surface area contributed by atoms with Gasteiger partial charge >= 0.3 is 6.61 Å². The minimum absolute atomic E-state index is 0.0786. The van der Waals surface area contributed by atoms with Gasteiger partial charge in [0.2, 0.25) is 0 Å². The third kappa shape index (κ3) is 4.10. The lowest BCUT2D eigenvalue weighted by atomic mass is 10.00. The lowest BCUT2D eigenvalue weighted by Crippen LogP contribution is -2.33. The van der Waals surface area contributed by atoms with Crippen LogP contribution in [0.1, 0.15) is 12.8 Å². The quantitative estimate of drug-likeness (QED) is 0.848. The summed E-state index contributed by atoms with van der Waals surface area (Å²) in [7, 11) is 0. The van der Waals surface area contributed by atoms with Crippen LogP contribution in [0.15, 0.2) is 18.3 Å². The third-order valence-electron chi connectivity index (χ3n) is 2.93. The van der Waals surface area contributed by atoms with Gasteiger partial charge in [-0.15, -0.1) is 0 Å². The smallest absolute Gasteiger partial charge is 0.387 e. The number of rotatable bonds is 5. The first kappa shape index (κ1) is 13.0. The van der Waals surface area contributed by atoms with Crippen molar-refractivity contribution in [2.75, 3.05) is 25.0 Å². The molecule has 2 rings (SSSR count). The third-order valence-corrected chi connectivity index (χ3v) is 2.93. The number of halogens is 2. The number of hydrogen-bond acceptors (Lipinski definition) is 4. The average Bonchev–Trinajstić information content (AvgIpc) is 2.38. The molecule has 2 N–H and O–H groups in total. The van der Waals surface area contributed by atoms with Crippen LogP contribution in [-0.4, -0.2) is 31.2 Å². The topological polar surface area (TPSA) is 46.2 Å². The van der Waals surface area contributed by atoms with Crippen LogP contribution in [0.2, 0.25) is 0 Å². The Morgan fingerprint density at radius 3 is 3.00 bits per heavy atom. The van der Waals surface area contributed by atoms with E-state index in [1.807, 2.05) is 0 Å². The Balaban J connectivity index is 1.78. The van der Waals surface area contributed by atoms with Crippen LogP contribution in [0.3, 0.4) is 0 Å². The van der Waals surface area contributed by atoms with E-state index >= 15 is 0 Å². The largest absolute Gasteiger partial charge is 0.433 e. The molecule has 4 nitrogen and oxygen atoms in total. The second-order valence-corrected chi connectivity index (χ2v) is 4.35. The van der Waals surface area contributed by atoms with Crippen LogP contribution in [0, 0.1) is 5.92 Å². The molecule has 100 valence electrons. The van der Waals surface area contributed by atoms with Gasteiger partial charge < -0.3 is 15.4 Å². The van der Waals surface area contributed by atoms with E-state index in [0.717, 1.165) is 19.6 Å². The van der Waals surface area contributed by atoms with Crippen LogP contribution < -0.4 is 15.4 Å². The highest BCUT2D eigenvalue weighted by atomic mass is 19.3. The second kappa shape index (κ2) is 6.49. The fourth-order valence-electron chi connectivity index (χ4n) is 2.00. The van der Waals surface area contributed by atoms with Gasteiger partial charge in [-0.2, -0.15) is 8.78 Å². The number of anilines is 1. The van der Waals surface area contributed by atoms with Crippen molar-refractivity contribution in [3.05, 3.63) is 18.3 Å². The molecular weight excluding hydrogens is 240 g/mol. The van der Waals surface area contributed by atoms with Crippen molar-refractivity contribution in [3.8, 4) is 5.75 Å². The first-order valence-electron chi connectivity index (χ1n) is 6.09. The summed E-state index contributed by atoms with van der Waals surface area (Å²) in [5, 5.41) is 6.54. The molecule has 0 aliphatic carbocycles. The fraction of sp³-hybridized carbons (Fsp3) is 0.583. The second-order valence-electron chi connectivity index (χ2n) is 4.35. The number of ether oxygens (including phenoxy) is 1. The molecule has 0 aromatic carbocycles. The van der Waals surface area contributed by atoms with Crippen molar-refractivity contribution >= 4 is 5.82 Å². The molecule has 2 heterocycles. The van der Waals surface area contributed by atoms with Crippen LogP contribution in [0.4, 0.5) is 14.6 Å². The Kier molecular flexibility index (Phi) is 4.69. The molecule has 18 heavy (non-hydrogen) atoms. The molecule has 1 atom stereocenters. The van der Waals surface area contributed by atoms with Crippen molar-refractivity contribution in [1.29, 1.82) is 0 Å². The molecule has 1 saturated heterocycles. The lowest BCUT2D eigenvalue weighted by molar-refractivity contribution is -0.0500. The zero-order valence-corrected chi connectivity index (χ0v) is 10.0. The van der Waals surface area contributed by atoms with Crippen molar-refractivity contribution < 1.29 is 13.5 Å². The summed E-state index contributed by atoms with van der Waals surface area (Å²) < 4.78 is 28.1. The van der Waals surface area contributed by atoms with Crippen LogP contribution in [0.5, 0.6) is 5.75 Å². The number of nitrogens with zero attached hydrogens (tertiary/aromatic N) is 1. The molecule has 0 saturated carbocycles. The Labute approximate surface area is 105 Å². The lowest BCUT2D eigenvalue weighted by Gasteiger charge is -2.23. The maximum absolute atomic E-state index is 11.9. The molecule has 1 aromatic heterocycles. The average molecular weight is 257 g/mol. The van der Waals surface area contributed by atoms with Gasteiger partial charge in [-0.3, -0.25) is 0 Å². The van der Waals surface area contributed by atoms with Gasteiger partial charge in [-0.1, -0.05) is 0 Å². The van der Waals surface area contributed by atoms with E-state index in [1.165, 1.54) is 25.1 Å². The molecule has 1 aliphatic heterocycles. The summed E-state index contributed by atoms with van der Waals surface area (Å²) in [6, 6.07) is 3.13. The maximum Gasteiger partial charge on any atom is 0.387 e. The van der Waals surface area contributed by atoms with Crippen LogP contribution >= 0.6 is 0 Å². The standard InChI is InChI=1S/C12H17F2N3O/c13-12(14)18-10-3-4-11(17-8-10)16-7-9-2-1-5-15-6-9/h3-4,8-9,12,15H,1-2,5-7H2,(H,16,17). The molecule has 1 aromatic rings. The number of pyridine rings is 1. The number of aromatic nitrogens is 1. The molecule has 1 unspecified atom stereocenters. The van der Waals surface area contributed by atoms with E-state index in [0.29, 0.717) is 11.7 Å². The first-order valence-corrected chi connectivity index (χ1v) is 6.09. The Bertz CT molecular complexity index is 353. The summed E-state index contributed by atoms with van der Waals surface area (Å²) in [6.45, 7) is 0.141. The molecule has 0 bridgehead atoms. The zero-order valence-electron chi connectivity index (χ0n) is 10.0. The minimum atomic E-state index is -2.81. The number of alkyl halides is 2. The molecule has 0 amide bonds. The van der Waals surface area contributed by atoms with E-state index in [1.54, 1.807) is 6.07 Å². The van der Waals surface area contributed by atoms with E-state index in [-0.39, 0.29) is 5.75 Å². The molecule has 0 spiro atoms. The number of nitrogens with one attached hydrogen (secondary N) is 2. The van der Waals surface area contributed by atoms with Gasteiger partial charge in [0.05, 0.1) is 6.20 Å². The predicted molar refractivity (Wildman–Crippen MR) is 65.0 cm³/mol. The minimum Gasteiger partial charge on any atom is -0.433 e. The van der Waals surface area contributed by atoms with E-state index < -0.39 is 6.61 Å². The summed E-state index contributed by atoms with van der Waals surface area (Å²) >= 11 is 0. The van der Waals surface area contributed by atoms with Gasteiger partial charge in [-0.25, -0.2) is 4.98 Å². The first-order chi connectivity index (χ1) is 8.74. The molecular formula is C12H17F2N3O. The van der Waals surface area contributed by atoms with Crippen LogP contribution in [-0.2, 0) is 0 Å². The molecule has 6 heteroatoms.